The maximum absolute atomic E-state index is 11.9. The molecule has 6 nitrogen and oxygen atoms in total. The summed E-state index contributed by atoms with van der Waals surface area (Å²) in [6, 6.07) is 4.38. The van der Waals surface area contributed by atoms with E-state index in [1.165, 1.54) is 12.1 Å². The maximum atomic E-state index is 11.9. The number of esters is 1. The van der Waals surface area contributed by atoms with Gasteiger partial charge in [-0.2, -0.15) is 0 Å². The molecule has 0 N–H and O–H groups in total. The molecule has 1 saturated heterocycles. The lowest BCUT2D eigenvalue weighted by atomic mass is 10.1. The molecule has 1 heterocycles. The Kier molecular flexibility index (Phi) is 4.11. The number of nitro groups is 1. The van der Waals surface area contributed by atoms with E-state index < -0.39 is 10.9 Å². The highest BCUT2D eigenvalue weighted by atomic mass is 16.6. The molecule has 0 spiro atoms. The number of aryl methyl sites for hydroxylation is 1. The zero-order valence-electron chi connectivity index (χ0n) is 10.6. The number of benzene rings is 1. The van der Waals surface area contributed by atoms with Gasteiger partial charge in [0, 0.05) is 12.7 Å². The standard InChI is InChI=1S/C13H15NO5/c1-9-4-5-12(14(16)17)11(7-9)13(15)19-8-10-3-2-6-18-10/h4-5,7,10H,2-3,6,8H2,1H3/t10-/m1/s1. The molecule has 0 unspecified atom stereocenters. The Hall–Kier alpha value is -1.95. The van der Waals surface area contributed by atoms with E-state index in [9.17, 15) is 14.9 Å². The average molecular weight is 265 g/mol. The molecule has 1 aromatic rings. The number of carbonyl (C=O) groups excluding carboxylic acids is 1. The molecule has 1 aliphatic heterocycles. The van der Waals surface area contributed by atoms with Crippen LogP contribution >= 0.6 is 0 Å². The van der Waals surface area contributed by atoms with Crippen molar-refractivity contribution in [3.63, 3.8) is 0 Å². The Balaban J connectivity index is 2.08. The van der Waals surface area contributed by atoms with Gasteiger partial charge in [0.2, 0.25) is 0 Å². The number of rotatable bonds is 4. The smallest absolute Gasteiger partial charge is 0.345 e. The molecule has 0 bridgehead atoms. The van der Waals surface area contributed by atoms with Crippen molar-refractivity contribution in [2.24, 2.45) is 0 Å². The summed E-state index contributed by atoms with van der Waals surface area (Å²) in [5, 5.41) is 10.9. The largest absolute Gasteiger partial charge is 0.459 e. The van der Waals surface area contributed by atoms with Crippen molar-refractivity contribution >= 4 is 11.7 Å². The molecule has 1 fully saturated rings. The lowest BCUT2D eigenvalue weighted by Crippen LogP contribution is -2.18. The van der Waals surface area contributed by atoms with Gasteiger partial charge in [0.15, 0.2) is 0 Å². The number of hydrogen-bond donors (Lipinski definition) is 0. The Labute approximate surface area is 110 Å². The second-order valence-electron chi connectivity index (χ2n) is 4.51. The van der Waals surface area contributed by atoms with Crippen LogP contribution in [0.15, 0.2) is 18.2 Å². The molecule has 6 heteroatoms. The first kappa shape index (κ1) is 13.5. The van der Waals surface area contributed by atoms with E-state index in [1.807, 2.05) is 0 Å². The summed E-state index contributed by atoms with van der Waals surface area (Å²) in [6.45, 7) is 2.58. The Morgan fingerprint density at radius 1 is 1.58 bits per heavy atom. The van der Waals surface area contributed by atoms with Crippen molar-refractivity contribution in [1.82, 2.24) is 0 Å². The topological polar surface area (TPSA) is 78.7 Å². The first-order chi connectivity index (χ1) is 9.08. The van der Waals surface area contributed by atoms with E-state index in [4.69, 9.17) is 9.47 Å². The molecule has 0 saturated carbocycles. The predicted molar refractivity (Wildman–Crippen MR) is 67.1 cm³/mol. The highest BCUT2D eigenvalue weighted by molar-refractivity contribution is 5.94. The van der Waals surface area contributed by atoms with Crippen LogP contribution in [0, 0.1) is 17.0 Å². The molecule has 102 valence electrons. The first-order valence-electron chi connectivity index (χ1n) is 6.11. The highest BCUT2D eigenvalue weighted by Crippen LogP contribution is 2.21. The van der Waals surface area contributed by atoms with Crippen LogP contribution in [0.3, 0.4) is 0 Å². The summed E-state index contributed by atoms with van der Waals surface area (Å²) in [7, 11) is 0. The lowest BCUT2D eigenvalue weighted by Gasteiger charge is -2.10. The fraction of sp³-hybridized carbons (Fsp3) is 0.462. The average Bonchev–Trinajstić information content (AvgIpc) is 2.88. The Bertz CT molecular complexity index is 494. The minimum atomic E-state index is -0.675. The summed E-state index contributed by atoms with van der Waals surface area (Å²) in [6.07, 6.45) is 1.71. The van der Waals surface area contributed by atoms with Crippen LogP contribution in [-0.2, 0) is 9.47 Å². The van der Waals surface area contributed by atoms with Gasteiger partial charge >= 0.3 is 5.97 Å². The molecule has 1 aromatic carbocycles. The van der Waals surface area contributed by atoms with Crippen LogP contribution in [0.1, 0.15) is 28.8 Å². The number of nitro benzene ring substituents is 1. The van der Waals surface area contributed by atoms with Crippen LogP contribution in [0.2, 0.25) is 0 Å². The first-order valence-corrected chi connectivity index (χ1v) is 6.11. The molecule has 0 aliphatic carbocycles. The summed E-state index contributed by atoms with van der Waals surface area (Å²) in [5.41, 5.74) is 0.528. The molecule has 1 aliphatic rings. The van der Waals surface area contributed by atoms with Gasteiger partial charge < -0.3 is 9.47 Å². The van der Waals surface area contributed by atoms with Gasteiger partial charge in [-0.15, -0.1) is 0 Å². The zero-order valence-corrected chi connectivity index (χ0v) is 10.6. The molecular weight excluding hydrogens is 250 g/mol. The normalized spacial score (nSPS) is 18.3. The maximum Gasteiger partial charge on any atom is 0.345 e. The third kappa shape index (κ3) is 3.29. The van der Waals surface area contributed by atoms with Crippen LogP contribution in [-0.4, -0.2) is 30.2 Å². The molecular formula is C13H15NO5. The van der Waals surface area contributed by atoms with Gasteiger partial charge in [0.05, 0.1) is 11.0 Å². The van der Waals surface area contributed by atoms with Crippen LogP contribution in [0.4, 0.5) is 5.69 Å². The lowest BCUT2D eigenvalue weighted by molar-refractivity contribution is -0.385. The van der Waals surface area contributed by atoms with E-state index in [2.05, 4.69) is 0 Å². The predicted octanol–water partition coefficient (Wildman–Crippen LogP) is 2.24. The molecule has 2 rings (SSSR count). The molecule has 0 aromatic heterocycles. The molecule has 0 radical (unpaired) electrons. The monoisotopic (exact) mass is 265 g/mol. The Morgan fingerprint density at radius 2 is 2.37 bits per heavy atom. The van der Waals surface area contributed by atoms with E-state index in [-0.39, 0.29) is 24.0 Å². The zero-order chi connectivity index (χ0) is 13.8. The summed E-state index contributed by atoms with van der Waals surface area (Å²) < 4.78 is 10.4. The van der Waals surface area contributed by atoms with Crippen molar-refractivity contribution in [2.75, 3.05) is 13.2 Å². The summed E-state index contributed by atoms with van der Waals surface area (Å²) >= 11 is 0. The van der Waals surface area contributed by atoms with Crippen LogP contribution < -0.4 is 0 Å². The minimum Gasteiger partial charge on any atom is -0.459 e. The van der Waals surface area contributed by atoms with Crippen molar-refractivity contribution in [2.45, 2.75) is 25.9 Å². The number of hydrogen-bond acceptors (Lipinski definition) is 5. The second-order valence-corrected chi connectivity index (χ2v) is 4.51. The number of carbonyl (C=O) groups is 1. The summed E-state index contributed by atoms with van der Waals surface area (Å²) in [5.74, 6) is -0.675. The van der Waals surface area contributed by atoms with Gasteiger partial charge in [0.1, 0.15) is 12.2 Å². The van der Waals surface area contributed by atoms with Gasteiger partial charge in [-0.05, 0) is 31.4 Å². The summed E-state index contributed by atoms with van der Waals surface area (Å²) in [4.78, 5) is 22.2. The number of nitrogens with zero attached hydrogens (tertiary/aromatic N) is 1. The van der Waals surface area contributed by atoms with E-state index in [0.29, 0.717) is 6.61 Å². The van der Waals surface area contributed by atoms with E-state index in [1.54, 1.807) is 13.0 Å². The van der Waals surface area contributed by atoms with E-state index in [0.717, 1.165) is 18.4 Å². The Morgan fingerprint density at radius 3 is 3.00 bits per heavy atom. The third-order valence-electron chi connectivity index (χ3n) is 2.99. The number of ether oxygens (including phenoxy) is 2. The highest BCUT2D eigenvalue weighted by Gasteiger charge is 2.23. The molecule has 1 atom stereocenters. The molecule has 0 amide bonds. The molecule has 19 heavy (non-hydrogen) atoms. The van der Waals surface area contributed by atoms with Crippen molar-refractivity contribution in [3.8, 4) is 0 Å². The van der Waals surface area contributed by atoms with Gasteiger partial charge in [-0.1, -0.05) is 6.07 Å². The fourth-order valence-electron chi connectivity index (χ4n) is 1.99. The quantitative estimate of drug-likeness (QED) is 0.474. The van der Waals surface area contributed by atoms with Crippen molar-refractivity contribution < 1.29 is 19.2 Å². The SMILES string of the molecule is Cc1ccc([N+](=O)[O-])c(C(=O)OC[C@H]2CCCO2)c1. The van der Waals surface area contributed by atoms with Crippen LogP contribution in [0.5, 0.6) is 0 Å². The van der Waals surface area contributed by atoms with Crippen LogP contribution in [0.25, 0.3) is 0 Å². The third-order valence-corrected chi connectivity index (χ3v) is 2.99. The van der Waals surface area contributed by atoms with Gasteiger partial charge in [-0.3, -0.25) is 10.1 Å². The van der Waals surface area contributed by atoms with Crippen molar-refractivity contribution in [1.29, 1.82) is 0 Å². The van der Waals surface area contributed by atoms with Crippen molar-refractivity contribution in [3.05, 3.63) is 39.4 Å². The second kappa shape index (κ2) is 5.79. The van der Waals surface area contributed by atoms with E-state index >= 15 is 0 Å². The minimum absolute atomic E-state index is 0.0111. The van der Waals surface area contributed by atoms with Gasteiger partial charge in [0.25, 0.3) is 5.69 Å². The van der Waals surface area contributed by atoms with Gasteiger partial charge in [-0.25, -0.2) is 4.79 Å². The fourth-order valence-corrected chi connectivity index (χ4v) is 1.99.